The van der Waals surface area contributed by atoms with Gasteiger partial charge in [0.15, 0.2) is 6.04 Å². The molecule has 0 aromatic carbocycles. The fourth-order valence-corrected chi connectivity index (χ4v) is 3.84. The Labute approximate surface area is 139 Å². The highest BCUT2D eigenvalue weighted by Gasteiger charge is 2.53. The minimum Gasteiger partial charge on any atom is -0.480 e. The Morgan fingerprint density at radius 2 is 1.83 bits per heavy atom. The van der Waals surface area contributed by atoms with Gasteiger partial charge in [0, 0.05) is 6.42 Å². The summed E-state index contributed by atoms with van der Waals surface area (Å²) in [7, 11) is 0. The van der Waals surface area contributed by atoms with Crippen LogP contribution in [0.25, 0.3) is 0 Å². The number of nitrogens with zero attached hydrogens (tertiary/aromatic N) is 1. The van der Waals surface area contributed by atoms with Crippen molar-refractivity contribution in [1.29, 1.82) is 0 Å². The van der Waals surface area contributed by atoms with Gasteiger partial charge in [-0.05, 0) is 38.0 Å². The lowest BCUT2D eigenvalue weighted by atomic mass is 9.83. The standard InChI is InChI=1S/C18H31NO4/c1-3-4-5-6-7-8-16(20)19-15(17(21)22)13-23-18(19)11-9-14(2)10-12-18/h14-15H,3-13H2,1-2H3,(H,21,22). The zero-order chi connectivity index (χ0) is 16.9. The highest BCUT2D eigenvalue weighted by atomic mass is 16.5. The molecular weight excluding hydrogens is 294 g/mol. The molecule has 2 rings (SSSR count). The van der Waals surface area contributed by atoms with Crippen molar-refractivity contribution in [2.75, 3.05) is 6.61 Å². The predicted molar refractivity (Wildman–Crippen MR) is 88.0 cm³/mol. The smallest absolute Gasteiger partial charge is 0.328 e. The van der Waals surface area contributed by atoms with Crippen molar-refractivity contribution in [3.8, 4) is 0 Å². The fraction of sp³-hybridized carbons (Fsp3) is 0.889. The van der Waals surface area contributed by atoms with E-state index in [2.05, 4.69) is 13.8 Å². The number of hydrogen-bond donors (Lipinski definition) is 1. The molecule has 1 spiro atoms. The molecule has 132 valence electrons. The summed E-state index contributed by atoms with van der Waals surface area (Å²) >= 11 is 0. The second-order valence-corrected chi connectivity index (χ2v) is 7.22. The van der Waals surface area contributed by atoms with E-state index in [0.29, 0.717) is 12.3 Å². The Morgan fingerprint density at radius 1 is 1.17 bits per heavy atom. The normalized spacial score (nSPS) is 30.8. The number of hydrogen-bond acceptors (Lipinski definition) is 3. The summed E-state index contributed by atoms with van der Waals surface area (Å²) in [5.74, 6) is -0.361. The maximum Gasteiger partial charge on any atom is 0.328 e. The Morgan fingerprint density at radius 3 is 2.43 bits per heavy atom. The second-order valence-electron chi connectivity index (χ2n) is 7.22. The Balaban J connectivity index is 2.00. The monoisotopic (exact) mass is 325 g/mol. The van der Waals surface area contributed by atoms with Gasteiger partial charge >= 0.3 is 5.97 Å². The van der Waals surface area contributed by atoms with E-state index in [1.54, 1.807) is 4.90 Å². The summed E-state index contributed by atoms with van der Waals surface area (Å²) in [6.07, 6.45) is 9.35. The molecule has 1 unspecified atom stereocenters. The molecule has 1 saturated carbocycles. The van der Waals surface area contributed by atoms with Crippen molar-refractivity contribution in [1.82, 2.24) is 4.90 Å². The van der Waals surface area contributed by atoms with Crippen molar-refractivity contribution >= 4 is 11.9 Å². The van der Waals surface area contributed by atoms with Crippen LogP contribution in [0.3, 0.4) is 0 Å². The van der Waals surface area contributed by atoms with Gasteiger partial charge in [0.1, 0.15) is 5.72 Å². The largest absolute Gasteiger partial charge is 0.480 e. The molecule has 23 heavy (non-hydrogen) atoms. The number of amides is 1. The molecular formula is C18H31NO4. The third-order valence-corrected chi connectivity index (χ3v) is 5.36. The number of aliphatic carboxylic acids is 1. The Hall–Kier alpha value is -1.10. The molecule has 1 atom stereocenters. The molecule has 0 aromatic heterocycles. The van der Waals surface area contributed by atoms with Gasteiger partial charge in [-0.25, -0.2) is 4.79 Å². The molecule has 1 aliphatic heterocycles. The molecule has 1 amide bonds. The van der Waals surface area contributed by atoms with Gasteiger partial charge < -0.3 is 9.84 Å². The molecule has 5 heteroatoms. The number of carboxylic acid groups (broad SMARTS) is 1. The summed E-state index contributed by atoms with van der Waals surface area (Å²) in [5.41, 5.74) is -0.657. The predicted octanol–water partition coefficient (Wildman–Crippen LogP) is 3.57. The van der Waals surface area contributed by atoms with Crippen LogP contribution < -0.4 is 0 Å². The zero-order valence-electron chi connectivity index (χ0n) is 14.6. The molecule has 1 heterocycles. The minimum absolute atomic E-state index is 0.0408. The second kappa shape index (κ2) is 8.13. The van der Waals surface area contributed by atoms with Crippen LogP contribution in [0.5, 0.6) is 0 Å². The average Bonchev–Trinajstić information content (AvgIpc) is 2.89. The number of rotatable bonds is 7. The van der Waals surface area contributed by atoms with Gasteiger partial charge in [-0.15, -0.1) is 0 Å². The van der Waals surface area contributed by atoms with E-state index in [1.165, 1.54) is 12.8 Å². The maximum absolute atomic E-state index is 12.7. The minimum atomic E-state index is -0.945. The fourth-order valence-electron chi connectivity index (χ4n) is 3.84. The van der Waals surface area contributed by atoms with Crippen LogP contribution in [0.4, 0.5) is 0 Å². The van der Waals surface area contributed by atoms with Crippen molar-refractivity contribution in [2.45, 2.75) is 89.8 Å². The van der Waals surface area contributed by atoms with E-state index < -0.39 is 17.7 Å². The van der Waals surface area contributed by atoms with Crippen LogP contribution >= 0.6 is 0 Å². The van der Waals surface area contributed by atoms with E-state index in [4.69, 9.17) is 4.74 Å². The first-order valence-corrected chi connectivity index (χ1v) is 9.19. The van der Waals surface area contributed by atoms with Crippen LogP contribution in [0.2, 0.25) is 0 Å². The number of carbonyl (C=O) groups excluding carboxylic acids is 1. The van der Waals surface area contributed by atoms with Gasteiger partial charge in [-0.1, -0.05) is 39.5 Å². The van der Waals surface area contributed by atoms with Gasteiger partial charge in [-0.3, -0.25) is 9.69 Å². The van der Waals surface area contributed by atoms with Gasteiger partial charge in [0.05, 0.1) is 6.61 Å². The van der Waals surface area contributed by atoms with Gasteiger partial charge in [0.2, 0.25) is 5.91 Å². The molecule has 0 bridgehead atoms. The third kappa shape index (κ3) is 4.25. The van der Waals surface area contributed by atoms with Crippen LogP contribution in [-0.2, 0) is 14.3 Å². The molecule has 1 aliphatic carbocycles. The third-order valence-electron chi connectivity index (χ3n) is 5.36. The van der Waals surface area contributed by atoms with E-state index in [9.17, 15) is 14.7 Å². The number of carboxylic acids is 1. The molecule has 2 fully saturated rings. The van der Waals surface area contributed by atoms with Crippen molar-refractivity contribution in [2.24, 2.45) is 5.92 Å². The highest BCUT2D eigenvalue weighted by Crippen LogP contribution is 2.42. The summed E-state index contributed by atoms with van der Waals surface area (Å²) in [4.78, 5) is 25.9. The van der Waals surface area contributed by atoms with E-state index in [1.807, 2.05) is 0 Å². The quantitative estimate of drug-likeness (QED) is 0.727. The number of unbranched alkanes of at least 4 members (excludes halogenated alkanes) is 4. The molecule has 2 aliphatic rings. The van der Waals surface area contributed by atoms with Crippen LogP contribution in [-0.4, -0.2) is 40.3 Å². The van der Waals surface area contributed by atoms with Gasteiger partial charge in [-0.2, -0.15) is 0 Å². The van der Waals surface area contributed by atoms with Crippen LogP contribution in [0, 0.1) is 5.92 Å². The summed E-state index contributed by atoms with van der Waals surface area (Å²) in [6, 6.07) is -0.813. The Kier molecular flexibility index (Phi) is 6.45. The molecule has 0 radical (unpaired) electrons. The summed E-state index contributed by atoms with van der Waals surface area (Å²) < 4.78 is 5.91. The first-order chi connectivity index (χ1) is 11.0. The molecule has 5 nitrogen and oxygen atoms in total. The van der Waals surface area contributed by atoms with Crippen LogP contribution in [0.1, 0.15) is 78.1 Å². The lowest BCUT2D eigenvalue weighted by molar-refractivity contribution is -0.165. The van der Waals surface area contributed by atoms with Crippen molar-refractivity contribution in [3.05, 3.63) is 0 Å². The molecule has 1 saturated heterocycles. The topological polar surface area (TPSA) is 66.8 Å². The summed E-state index contributed by atoms with van der Waals surface area (Å²) in [6.45, 7) is 4.50. The number of ether oxygens (including phenoxy) is 1. The molecule has 0 aromatic rings. The van der Waals surface area contributed by atoms with Crippen molar-refractivity contribution < 1.29 is 19.4 Å². The Bertz CT molecular complexity index is 415. The summed E-state index contributed by atoms with van der Waals surface area (Å²) in [5, 5.41) is 9.47. The average molecular weight is 325 g/mol. The van der Waals surface area contributed by atoms with E-state index >= 15 is 0 Å². The molecule has 1 N–H and O–H groups in total. The van der Waals surface area contributed by atoms with Gasteiger partial charge in [0.25, 0.3) is 0 Å². The zero-order valence-corrected chi connectivity index (χ0v) is 14.6. The highest BCUT2D eigenvalue weighted by molar-refractivity contribution is 5.85. The van der Waals surface area contributed by atoms with E-state index in [0.717, 1.165) is 44.9 Å². The van der Waals surface area contributed by atoms with E-state index in [-0.39, 0.29) is 12.5 Å². The first kappa shape index (κ1) is 18.2. The maximum atomic E-state index is 12.7. The SMILES string of the molecule is CCCCCCCC(=O)N1C(C(=O)O)COC12CCC(C)CC2. The van der Waals surface area contributed by atoms with Crippen molar-refractivity contribution in [3.63, 3.8) is 0 Å². The number of carbonyl (C=O) groups is 2. The van der Waals surface area contributed by atoms with Crippen LogP contribution in [0.15, 0.2) is 0 Å². The lowest BCUT2D eigenvalue weighted by Crippen LogP contribution is -2.55. The first-order valence-electron chi connectivity index (χ1n) is 9.19. The lowest BCUT2D eigenvalue weighted by Gasteiger charge is -2.42.